The molecule has 0 bridgehead atoms. The average molecular weight is 283 g/mol. The third kappa shape index (κ3) is 6.80. The molecular formula is C13H24F3NO2. The fourth-order valence-corrected chi connectivity index (χ4v) is 1.64. The molecule has 0 aromatic heterocycles. The number of unbranched alkanes of at least 4 members (excludes halogenated alkanes) is 1. The molecule has 0 aliphatic rings. The van der Waals surface area contributed by atoms with Gasteiger partial charge in [-0.15, -0.1) is 0 Å². The van der Waals surface area contributed by atoms with Crippen molar-refractivity contribution in [2.24, 2.45) is 17.6 Å². The summed E-state index contributed by atoms with van der Waals surface area (Å²) in [6.07, 6.45) is -2.33. The van der Waals surface area contributed by atoms with Gasteiger partial charge in [0.15, 0.2) is 0 Å². The summed E-state index contributed by atoms with van der Waals surface area (Å²) >= 11 is 0. The summed E-state index contributed by atoms with van der Waals surface area (Å²) in [5, 5.41) is 0. The van der Waals surface area contributed by atoms with E-state index in [1.54, 1.807) is 6.92 Å². The molecule has 0 heterocycles. The maximum atomic E-state index is 12.7. The fraction of sp³-hybridized carbons (Fsp3) is 0.923. The van der Waals surface area contributed by atoms with Crippen molar-refractivity contribution in [3.05, 3.63) is 0 Å². The Morgan fingerprint density at radius 1 is 1.32 bits per heavy atom. The number of hydrogen-bond donors (Lipinski definition) is 1. The Bertz CT molecular complexity index is 269. The Kier molecular flexibility index (Phi) is 8.06. The zero-order chi connectivity index (χ0) is 15.1. The van der Waals surface area contributed by atoms with Gasteiger partial charge in [-0.3, -0.25) is 4.79 Å². The Morgan fingerprint density at radius 3 is 2.32 bits per heavy atom. The van der Waals surface area contributed by atoms with Crippen LogP contribution >= 0.6 is 0 Å². The molecule has 1 unspecified atom stereocenters. The van der Waals surface area contributed by atoms with Crippen molar-refractivity contribution in [2.45, 2.75) is 58.7 Å². The topological polar surface area (TPSA) is 52.3 Å². The highest BCUT2D eigenvalue weighted by molar-refractivity contribution is 5.73. The highest BCUT2D eigenvalue weighted by atomic mass is 19.4. The van der Waals surface area contributed by atoms with E-state index in [9.17, 15) is 18.0 Å². The lowest BCUT2D eigenvalue weighted by Gasteiger charge is -2.26. The molecule has 0 saturated heterocycles. The highest BCUT2D eigenvalue weighted by Crippen LogP contribution is 2.29. The Morgan fingerprint density at radius 2 is 1.89 bits per heavy atom. The predicted molar refractivity (Wildman–Crippen MR) is 67.5 cm³/mol. The molecule has 114 valence electrons. The van der Waals surface area contributed by atoms with Gasteiger partial charge >= 0.3 is 12.1 Å². The third-order valence-corrected chi connectivity index (χ3v) is 3.21. The third-order valence-electron chi connectivity index (χ3n) is 3.21. The van der Waals surface area contributed by atoms with Crippen LogP contribution < -0.4 is 5.73 Å². The number of alkyl halides is 3. The van der Waals surface area contributed by atoms with Crippen molar-refractivity contribution in [3.8, 4) is 0 Å². The van der Waals surface area contributed by atoms with Crippen molar-refractivity contribution >= 4 is 5.97 Å². The molecule has 0 aromatic rings. The molecule has 0 saturated carbocycles. The van der Waals surface area contributed by atoms with Gasteiger partial charge in [0.2, 0.25) is 0 Å². The molecule has 0 spiro atoms. The van der Waals surface area contributed by atoms with Gasteiger partial charge in [0.1, 0.15) is 6.04 Å². The van der Waals surface area contributed by atoms with E-state index in [-0.39, 0.29) is 18.9 Å². The minimum Gasteiger partial charge on any atom is -0.465 e. The molecule has 2 N–H and O–H groups in total. The number of carbonyl (C=O) groups is 1. The van der Waals surface area contributed by atoms with Crippen molar-refractivity contribution in [1.82, 2.24) is 0 Å². The minimum atomic E-state index is -4.58. The highest BCUT2D eigenvalue weighted by Gasteiger charge is 2.45. The van der Waals surface area contributed by atoms with E-state index in [1.807, 2.05) is 13.8 Å². The molecule has 0 aliphatic carbocycles. The van der Waals surface area contributed by atoms with Gasteiger partial charge in [-0.2, -0.15) is 13.2 Å². The average Bonchev–Trinajstić information content (AvgIpc) is 2.33. The van der Waals surface area contributed by atoms with E-state index >= 15 is 0 Å². The zero-order valence-electron chi connectivity index (χ0n) is 11.8. The monoisotopic (exact) mass is 283 g/mol. The number of esters is 1. The quantitative estimate of drug-likeness (QED) is 0.549. The smallest absolute Gasteiger partial charge is 0.404 e. The lowest BCUT2D eigenvalue weighted by atomic mass is 9.88. The summed E-state index contributed by atoms with van der Waals surface area (Å²) < 4.78 is 42.9. The lowest BCUT2D eigenvalue weighted by molar-refractivity contribution is -0.177. The molecule has 3 atom stereocenters. The van der Waals surface area contributed by atoms with Gasteiger partial charge in [0, 0.05) is 0 Å². The van der Waals surface area contributed by atoms with E-state index in [1.165, 1.54) is 0 Å². The Hall–Kier alpha value is -0.780. The second-order valence-corrected chi connectivity index (χ2v) is 4.94. The van der Waals surface area contributed by atoms with Gasteiger partial charge in [-0.1, -0.05) is 33.6 Å². The van der Waals surface area contributed by atoms with E-state index in [4.69, 9.17) is 10.5 Å². The first-order chi connectivity index (χ1) is 8.73. The summed E-state index contributed by atoms with van der Waals surface area (Å²) in [5.74, 6) is -2.15. The van der Waals surface area contributed by atoms with Crippen molar-refractivity contribution in [3.63, 3.8) is 0 Å². The largest absolute Gasteiger partial charge is 0.465 e. The number of halogens is 3. The van der Waals surface area contributed by atoms with Crippen LogP contribution in [0.25, 0.3) is 0 Å². The second kappa shape index (κ2) is 8.40. The van der Waals surface area contributed by atoms with Gasteiger partial charge < -0.3 is 10.5 Å². The maximum absolute atomic E-state index is 12.7. The standard InChI is InChI=1S/C13H24F3NO2/c1-4-6-7-19-12(18)10(8-9(3)5-2)11(17)13(14,15)16/h9-11H,4-8,17H2,1-3H3/t9?,10-,11-/m1/s1. The van der Waals surface area contributed by atoms with E-state index in [2.05, 4.69) is 0 Å². The zero-order valence-corrected chi connectivity index (χ0v) is 11.8. The van der Waals surface area contributed by atoms with Crippen LogP contribution in [0.5, 0.6) is 0 Å². The summed E-state index contributed by atoms with van der Waals surface area (Å²) in [6.45, 7) is 5.72. The molecule has 19 heavy (non-hydrogen) atoms. The van der Waals surface area contributed by atoms with Crippen LogP contribution in [0.1, 0.15) is 46.5 Å². The molecule has 0 fully saturated rings. The second-order valence-electron chi connectivity index (χ2n) is 4.94. The van der Waals surface area contributed by atoms with Gasteiger partial charge in [0.25, 0.3) is 0 Å². The molecular weight excluding hydrogens is 259 g/mol. The number of rotatable bonds is 8. The molecule has 3 nitrogen and oxygen atoms in total. The van der Waals surface area contributed by atoms with E-state index in [0.717, 1.165) is 6.42 Å². The number of hydrogen-bond acceptors (Lipinski definition) is 3. The number of carbonyl (C=O) groups excluding carboxylic acids is 1. The fourth-order valence-electron chi connectivity index (χ4n) is 1.64. The van der Waals surface area contributed by atoms with Crippen LogP contribution in [0.3, 0.4) is 0 Å². The maximum Gasteiger partial charge on any atom is 0.404 e. The predicted octanol–water partition coefficient (Wildman–Crippen LogP) is 3.27. The summed E-state index contributed by atoms with van der Waals surface area (Å²) in [5.41, 5.74) is 5.18. The van der Waals surface area contributed by atoms with Crippen LogP contribution in [-0.4, -0.2) is 24.8 Å². The molecule has 0 radical (unpaired) electrons. The first kappa shape index (κ1) is 18.2. The lowest BCUT2D eigenvalue weighted by Crippen LogP contribution is -2.48. The molecule has 0 amide bonds. The SMILES string of the molecule is CCCCOC(=O)[C@H](CC(C)CC)[C@@H](N)C(F)(F)F. The molecule has 0 aliphatic heterocycles. The van der Waals surface area contributed by atoms with Gasteiger partial charge in [-0.25, -0.2) is 0 Å². The van der Waals surface area contributed by atoms with Crippen molar-refractivity contribution < 1.29 is 22.7 Å². The van der Waals surface area contributed by atoms with E-state index < -0.39 is 24.1 Å². The number of nitrogens with two attached hydrogens (primary N) is 1. The van der Waals surface area contributed by atoms with Gasteiger partial charge in [-0.05, 0) is 18.8 Å². The summed E-state index contributed by atoms with van der Waals surface area (Å²) in [4.78, 5) is 11.8. The summed E-state index contributed by atoms with van der Waals surface area (Å²) in [6, 6.07) is -2.16. The Balaban J connectivity index is 4.70. The first-order valence-corrected chi connectivity index (χ1v) is 6.72. The van der Waals surface area contributed by atoms with Crippen LogP contribution in [-0.2, 0) is 9.53 Å². The van der Waals surface area contributed by atoms with Gasteiger partial charge in [0.05, 0.1) is 12.5 Å². The van der Waals surface area contributed by atoms with Crippen molar-refractivity contribution in [2.75, 3.05) is 6.61 Å². The summed E-state index contributed by atoms with van der Waals surface area (Å²) in [7, 11) is 0. The number of ether oxygens (including phenoxy) is 1. The first-order valence-electron chi connectivity index (χ1n) is 6.72. The van der Waals surface area contributed by atoms with Crippen LogP contribution in [0.2, 0.25) is 0 Å². The minimum absolute atomic E-state index is 0.00266. The van der Waals surface area contributed by atoms with E-state index in [0.29, 0.717) is 12.8 Å². The molecule has 0 rings (SSSR count). The van der Waals surface area contributed by atoms with Crippen LogP contribution in [0.4, 0.5) is 13.2 Å². The van der Waals surface area contributed by atoms with Crippen LogP contribution in [0, 0.1) is 11.8 Å². The Labute approximate surface area is 112 Å². The van der Waals surface area contributed by atoms with Crippen molar-refractivity contribution in [1.29, 1.82) is 0 Å². The normalized spacial score (nSPS) is 16.8. The molecule has 6 heteroatoms. The van der Waals surface area contributed by atoms with Crippen LogP contribution in [0.15, 0.2) is 0 Å². The molecule has 0 aromatic carbocycles.